The molecule has 2 aliphatic rings. The van der Waals surface area contributed by atoms with Crippen molar-refractivity contribution in [1.29, 1.82) is 0 Å². The number of ether oxygens (including phenoxy) is 1. The number of piperidine rings is 1. The molecule has 1 fully saturated rings. The first-order valence-corrected chi connectivity index (χ1v) is 10.4. The van der Waals surface area contributed by atoms with E-state index in [9.17, 15) is 4.79 Å². The van der Waals surface area contributed by atoms with Gasteiger partial charge in [-0.05, 0) is 54.7 Å². The molecule has 1 aromatic heterocycles. The smallest absolute Gasteiger partial charge is 0.341 e. The van der Waals surface area contributed by atoms with Gasteiger partial charge in [-0.15, -0.1) is 0 Å². The van der Waals surface area contributed by atoms with Crippen molar-refractivity contribution in [2.24, 2.45) is 0 Å². The van der Waals surface area contributed by atoms with E-state index >= 15 is 0 Å². The summed E-state index contributed by atoms with van der Waals surface area (Å²) in [5.41, 5.74) is 7.30. The van der Waals surface area contributed by atoms with Crippen molar-refractivity contribution in [2.75, 3.05) is 13.1 Å². The molecule has 3 aromatic rings. The molecule has 0 aliphatic carbocycles. The van der Waals surface area contributed by atoms with Crippen LogP contribution in [-0.4, -0.2) is 39.8 Å². The Kier molecular flexibility index (Phi) is 4.59. The van der Waals surface area contributed by atoms with E-state index in [1.54, 1.807) is 10.4 Å². The highest BCUT2D eigenvalue weighted by Crippen LogP contribution is 2.41. The summed E-state index contributed by atoms with van der Waals surface area (Å²) in [7, 11) is 0. The Morgan fingerprint density at radius 3 is 2.77 bits per heavy atom. The first kappa shape index (κ1) is 18.9. The molecule has 154 valence electrons. The van der Waals surface area contributed by atoms with E-state index < -0.39 is 6.03 Å². The van der Waals surface area contributed by atoms with E-state index in [-0.39, 0.29) is 5.60 Å². The monoisotopic (exact) mass is 403 g/mol. The number of fused-ring (bicyclic) bond motifs is 2. The van der Waals surface area contributed by atoms with Crippen molar-refractivity contribution in [1.82, 2.24) is 15.4 Å². The lowest BCUT2D eigenvalue weighted by Gasteiger charge is -2.44. The number of nitrogens with zero attached hydrogens (tertiary/aromatic N) is 2. The summed E-state index contributed by atoms with van der Waals surface area (Å²) >= 11 is 0. The predicted octanol–water partition coefficient (Wildman–Crippen LogP) is 4.47. The van der Waals surface area contributed by atoms with Gasteiger partial charge in [0.05, 0.1) is 5.52 Å². The highest BCUT2D eigenvalue weighted by atomic mass is 16.5. The van der Waals surface area contributed by atoms with Crippen molar-refractivity contribution in [3.63, 3.8) is 0 Å². The molecule has 0 unspecified atom stereocenters. The van der Waals surface area contributed by atoms with Gasteiger partial charge in [-0.3, -0.25) is 10.2 Å². The Hall–Kier alpha value is -3.12. The molecule has 6 nitrogen and oxygen atoms in total. The average Bonchev–Trinajstić information content (AvgIpc) is 2.79. The Labute approximate surface area is 175 Å². The zero-order valence-corrected chi connectivity index (χ0v) is 17.0. The van der Waals surface area contributed by atoms with E-state index in [0.717, 1.165) is 42.5 Å². The maximum absolute atomic E-state index is 11.6. The maximum atomic E-state index is 11.6. The number of rotatable bonds is 1. The molecule has 2 amide bonds. The number of hydroxylamine groups is 1. The summed E-state index contributed by atoms with van der Waals surface area (Å²) in [5, 5.41) is 10.0. The number of aryl methyl sites for hydroxylation is 2. The van der Waals surface area contributed by atoms with E-state index in [2.05, 4.69) is 42.2 Å². The van der Waals surface area contributed by atoms with E-state index in [1.165, 1.54) is 22.1 Å². The van der Waals surface area contributed by atoms with Crippen LogP contribution in [0.25, 0.3) is 22.0 Å². The van der Waals surface area contributed by atoms with E-state index in [4.69, 9.17) is 9.94 Å². The first-order chi connectivity index (χ1) is 14.6. The Morgan fingerprint density at radius 2 is 1.97 bits per heavy atom. The minimum atomic E-state index is -0.440. The molecule has 0 bridgehead atoms. The van der Waals surface area contributed by atoms with Gasteiger partial charge in [-0.1, -0.05) is 24.3 Å². The van der Waals surface area contributed by atoms with Gasteiger partial charge in [0.15, 0.2) is 0 Å². The average molecular weight is 403 g/mol. The lowest BCUT2D eigenvalue weighted by atomic mass is 9.82. The molecule has 0 radical (unpaired) electrons. The largest absolute Gasteiger partial charge is 0.487 e. The standard InChI is InChI=1S/C24H25N3O3/c1-16-19-4-2-3-5-21(19)25-15-20(16)17-6-7-22-18(14-17)8-9-24(30-22)10-12-27(13-11-24)23(28)26-29/h2-7,14-15,29H,8-13H2,1H3,(H,26,28). The zero-order chi connectivity index (χ0) is 20.7. The molecule has 1 spiro atoms. The van der Waals surface area contributed by atoms with E-state index in [1.807, 2.05) is 18.3 Å². The molecule has 6 heteroatoms. The molecular formula is C24H25N3O3. The van der Waals surface area contributed by atoms with Crippen LogP contribution < -0.4 is 10.2 Å². The summed E-state index contributed by atoms with van der Waals surface area (Å²) in [6, 6.07) is 14.2. The maximum Gasteiger partial charge on any atom is 0.341 e. The first-order valence-electron chi connectivity index (χ1n) is 10.4. The number of nitrogens with one attached hydrogen (secondary N) is 1. The minimum absolute atomic E-state index is 0.221. The van der Waals surface area contributed by atoms with Gasteiger partial charge in [0.25, 0.3) is 0 Å². The van der Waals surface area contributed by atoms with Gasteiger partial charge in [0.2, 0.25) is 0 Å². The van der Waals surface area contributed by atoms with Crippen molar-refractivity contribution < 1.29 is 14.7 Å². The third-order valence-electron chi connectivity index (χ3n) is 6.65. The molecule has 30 heavy (non-hydrogen) atoms. The fourth-order valence-electron chi connectivity index (χ4n) is 4.80. The van der Waals surface area contributed by atoms with Gasteiger partial charge < -0.3 is 9.64 Å². The predicted molar refractivity (Wildman–Crippen MR) is 115 cm³/mol. The number of amides is 2. The Bertz CT molecular complexity index is 1120. The summed E-state index contributed by atoms with van der Waals surface area (Å²) in [6.45, 7) is 3.32. The number of para-hydroxylation sites is 1. The molecule has 1 saturated heterocycles. The van der Waals surface area contributed by atoms with Crippen molar-refractivity contribution >= 4 is 16.9 Å². The Morgan fingerprint density at radius 1 is 1.17 bits per heavy atom. The van der Waals surface area contributed by atoms with Crippen LogP contribution in [0.15, 0.2) is 48.7 Å². The molecule has 0 saturated carbocycles. The van der Waals surface area contributed by atoms with Gasteiger partial charge >= 0.3 is 6.03 Å². The van der Waals surface area contributed by atoms with Gasteiger partial charge in [0, 0.05) is 43.1 Å². The SMILES string of the molecule is Cc1c(-c2ccc3c(c2)CCC2(CCN(C(=O)NO)CC2)O3)cnc2ccccc12. The molecular weight excluding hydrogens is 378 g/mol. The van der Waals surface area contributed by atoms with Crippen LogP contribution in [0.1, 0.15) is 30.4 Å². The number of hydrogen-bond donors (Lipinski definition) is 2. The van der Waals surface area contributed by atoms with Crippen LogP contribution in [0, 0.1) is 6.92 Å². The third-order valence-corrected chi connectivity index (χ3v) is 6.65. The molecule has 2 aromatic carbocycles. The van der Waals surface area contributed by atoms with Crippen LogP contribution >= 0.6 is 0 Å². The number of likely N-dealkylation sites (tertiary alicyclic amines) is 1. The number of pyridine rings is 1. The second kappa shape index (κ2) is 7.29. The number of carbonyl (C=O) groups excluding carboxylic acids is 1. The lowest BCUT2D eigenvalue weighted by molar-refractivity contribution is -0.00877. The van der Waals surface area contributed by atoms with Gasteiger partial charge in [-0.2, -0.15) is 0 Å². The quantitative estimate of drug-likeness (QED) is 0.464. The lowest BCUT2D eigenvalue weighted by Crippen LogP contribution is -2.52. The second-order valence-electron chi connectivity index (χ2n) is 8.33. The summed E-state index contributed by atoms with van der Waals surface area (Å²) in [4.78, 5) is 17.9. The fourth-order valence-corrected chi connectivity index (χ4v) is 4.80. The Balaban J connectivity index is 1.39. The highest BCUT2D eigenvalue weighted by Gasteiger charge is 2.40. The van der Waals surface area contributed by atoms with Crippen LogP contribution in [0.5, 0.6) is 5.75 Å². The topological polar surface area (TPSA) is 74.7 Å². The normalized spacial score (nSPS) is 17.5. The third kappa shape index (κ3) is 3.17. The minimum Gasteiger partial charge on any atom is -0.487 e. The van der Waals surface area contributed by atoms with Crippen molar-refractivity contribution in [2.45, 2.75) is 38.2 Å². The number of hydrogen-bond acceptors (Lipinski definition) is 4. The molecule has 5 rings (SSSR count). The van der Waals surface area contributed by atoms with Crippen LogP contribution in [-0.2, 0) is 6.42 Å². The second-order valence-corrected chi connectivity index (χ2v) is 8.33. The van der Waals surface area contributed by atoms with Crippen LogP contribution in [0.3, 0.4) is 0 Å². The van der Waals surface area contributed by atoms with Gasteiger partial charge in [-0.25, -0.2) is 10.3 Å². The number of benzene rings is 2. The molecule has 3 heterocycles. The number of aromatic nitrogens is 1. The number of urea groups is 1. The zero-order valence-electron chi connectivity index (χ0n) is 17.0. The van der Waals surface area contributed by atoms with Gasteiger partial charge in [0.1, 0.15) is 11.4 Å². The van der Waals surface area contributed by atoms with E-state index in [0.29, 0.717) is 13.1 Å². The van der Waals surface area contributed by atoms with Crippen LogP contribution in [0.2, 0.25) is 0 Å². The molecule has 0 atom stereocenters. The molecule has 2 aliphatic heterocycles. The van der Waals surface area contributed by atoms with Crippen LogP contribution in [0.4, 0.5) is 4.79 Å². The number of carbonyl (C=O) groups is 1. The highest BCUT2D eigenvalue weighted by molar-refractivity contribution is 5.88. The molecule has 2 N–H and O–H groups in total. The summed E-state index contributed by atoms with van der Waals surface area (Å²) in [6.07, 6.45) is 5.40. The summed E-state index contributed by atoms with van der Waals surface area (Å²) < 4.78 is 6.48. The fraction of sp³-hybridized carbons (Fsp3) is 0.333. The van der Waals surface area contributed by atoms with Crippen molar-refractivity contribution in [3.8, 4) is 16.9 Å². The van der Waals surface area contributed by atoms with Crippen molar-refractivity contribution in [3.05, 3.63) is 59.8 Å². The summed E-state index contributed by atoms with van der Waals surface area (Å²) in [5.74, 6) is 0.941.